The van der Waals surface area contributed by atoms with E-state index in [0.717, 1.165) is 21.2 Å². The van der Waals surface area contributed by atoms with Crippen molar-refractivity contribution < 1.29 is 4.79 Å². The molecular formula is C14H16N6OS. The molecule has 0 fully saturated rings. The second-order valence-electron chi connectivity index (χ2n) is 4.81. The van der Waals surface area contributed by atoms with Crippen LogP contribution in [0.1, 0.15) is 16.1 Å². The minimum atomic E-state index is -0.126. The molecule has 7 nitrogen and oxygen atoms in total. The number of aryl methyl sites for hydroxylation is 2. The summed E-state index contributed by atoms with van der Waals surface area (Å²) in [5.74, 6) is -0.126. The molecule has 0 saturated carbocycles. The van der Waals surface area contributed by atoms with E-state index in [1.165, 1.54) is 0 Å². The minimum absolute atomic E-state index is 0.126. The number of carbonyl (C=O) groups excluding carboxylic acids is 1. The molecule has 0 spiro atoms. The SMILES string of the molecule is Cc1nn(C)c2nc(NCCNC(=O)c3cccnc3)sc12. The van der Waals surface area contributed by atoms with Crippen LogP contribution in [0.5, 0.6) is 0 Å². The van der Waals surface area contributed by atoms with Crippen LogP contribution in [0.4, 0.5) is 5.13 Å². The highest BCUT2D eigenvalue weighted by Gasteiger charge is 2.11. The van der Waals surface area contributed by atoms with Gasteiger partial charge in [-0.25, -0.2) is 9.67 Å². The molecule has 0 aliphatic rings. The molecule has 0 aliphatic heterocycles. The monoisotopic (exact) mass is 316 g/mol. The van der Waals surface area contributed by atoms with Gasteiger partial charge in [0.2, 0.25) is 0 Å². The molecular weight excluding hydrogens is 300 g/mol. The Morgan fingerprint density at radius 2 is 2.27 bits per heavy atom. The normalized spacial score (nSPS) is 10.8. The molecule has 0 unspecified atom stereocenters. The van der Waals surface area contributed by atoms with Crippen molar-refractivity contribution in [2.24, 2.45) is 7.05 Å². The third-order valence-electron chi connectivity index (χ3n) is 3.15. The number of carbonyl (C=O) groups is 1. The zero-order valence-corrected chi connectivity index (χ0v) is 13.1. The van der Waals surface area contributed by atoms with Crippen LogP contribution in [-0.4, -0.2) is 38.7 Å². The third-order valence-corrected chi connectivity index (χ3v) is 4.27. The van der Waals surface area contributed by atoms with Crippen molar-refractivity contribution in [1.82, 2.24) is 25.1 Å². The lowest BCUT2D eigenvalue weighted by Gasteiger charge is -2.05. The van der Waals surface area contributed by atoms with Gasteiger partial charge < -0.3 is 10.6 Å². The molecule has 0 atom stereocenters. The van der Waals surface area contributed by atoms with Crippen molar-refractivity contribution in [1.29, 1.82) is 0 Å². The summed E-state index contributed by atoms with van der Waals surface area (Å²) in [6, 6.07) is 3.48. The number of fused-ring (bicyclic) bond motifs is 1. The Morgan fingerprint density at radius 3 is 3.00 bits per heavy atom. The fraction of sp³-hybridized carbons (Fsp3) is 0.286. The van der Waals surface area contributed by atoms with Crippen LogP contribution in [0.2, 0.25) is 0 Å². The van der Waals surface area contributed by atoms with E-state index in [1.807, 2.05) is 14.0 Å². The molecule has 22 heavy (non-hydrogen) atoms. The van der Waals surface area contributed by atoms with Crippen LogP contribution in [0.3, 0.4) is 0 Å². The average Bonchev–Trinajstić information content (AvgIpc) is 3.06. The molecule has 8 heteroatoms. The van der Waals surface area contributed by atoms with E-state index in [4.69, 9.17) is 0 Å². The highest BCUT2D eigenvalue weighted by molar-refractivity contribution is 7.22. The fourth-order valence-electron chi connectivity index (χ4n) is 2.11. The first-order chi connectivity index (χ1) is 10.6. The van der Waals surface area contributed by atoms with E-state index in [9.17, 15) is 4.79 Å². The average molecular weight is 316 g/mol. The summed E-state index contributed by atoms with van der Waals surface area (Å²) >= 11 is 1.57. The van der Waals surface area contributed by atoms with Crippen molar-refractivity contribution in [3.63, 3.8) is 0 Å². The maximum atomic E-state index is 11.8. The fourth-order valence-corrected chi connectivity index (χ4v) is 3.06. The standard InChI is InChI=1S/C14H16N6OS/c1-9-11-12(20(2)19-9)18-14(22-11)17-7-6-16-13(21)10-4-3-5-15-8-10/h3-5,8H,6-7H2,1-2H3,(H,16,21)(H,17,18). The summed E-state index contributed by atoms with van der Waals surface area (Å²) < 4.78 is 2.86. The second-order valence-corrected chi connectivity index (χ2v) is 5.80. The number of pyridine rings is 1. The van der Waals surface area contributed by atoms with Crippen LogP contribution in [0, 0.1) is 6.92 Å². The van der Waals surface area contributed by atoms with Gasteiger partial charge in [0.25, 0.3) is 5.91 Å². The Labute approximate surface area is 131 Å². The molecule has 3 heterocycles. The summed E-state index contributed by atoms with van der Waals surface area (Å²) in [5.41, 5.74) is 2.42. The molecule has 114 valence electrons. The molecule has 0 radical (unpaired) electrons. The molecule has 0 aromatic carbocycles. The molecule has 0 aliphatic carbocycles. The van der Waals surface area contributed by atoms with Gasteiger partial charge in [-0.3, -0.25) is 9.78 Å². The first kappa shape index (κ1) is 14.5. The first-order valence-electron chi connectivity index (χ1n) is 6.87. The molecule has 0 saturated heterocycles. The molecule has 3 aromatic rings. The number of hydrogen-bond acceptors (Lipinski definition) is 6. The Morgan fingerprint density at radius 1 is 1.41 bits per heavy atom. The highest BCUT2D eigenvalue weighted by Crippen LogP contribution is 2.27. The summed E-state index contributed by atoms with van der Waals surface area (Å²) in [5, 5.41) is 11.2. The number of rotatable bonds is 5. The smallest absolute Gasteiger partial charge is 0.252 e. The maximum absolute atomic E-state index is 11.8. The predicted octanol–water partition coefficient (Wildman–Crippen LogP) is 1.58. The quantitative estimate of drug-likeness (QED) is 0.698. The lowest BCUT2D eigenvalue weighted by molar-refractivity contribution is 0.0955. The molecule has 2 N–H and O–H groups in total. The minimum Gasteiger partial charge on any atom is -0.360 e. The van der Waals surface area contributed by atoms with Gasteiger partial charge in [0, 0.05) is 32.5 Å². The number of nitrogens with one attached hydrogen (secondary N) is 2. The van der Waals surface area contributed by atoms with Crippen LogP contribution >= 0.6 is 11.3 Å². The second kappa shape index (κ2) is 6.10. The lowest BCUT2D eigenvalue weighted by Crippen LogP contribution is -2.28. The van der Waals surface area contributed by atoms with Gasteiger partial charge in [-0.15, -0.1) is 0 Å². The van der Waals surface area contributed by atoms with E-state index in [0.29, 0.717) is 18.7 Å². The Hall–Kier alpha value is -2.48. The summed E-state index contributed by atoms with van der Waals surface area (Å²) in [7, 11) is 1.88. The first-order valence-corrected chi connectivity index (χ1v) is 7.69. The predicted molar refractivity (Wildman–Crippen MR) is 86.2 cm³/mol. The number of nitrogens with zero attached hydrogens (tertiary/aromatic N) is 4. The van der Waals surface area contributed by atoms with Gasteiger partial charge in [-0.2, -0.15) is 5.10 Å². The van der Waals surface area contributed by atoms with Gasteiger partial charge >= 0.3 is 0 Å². The van der Waals surface area contributed by atoms with Gasteiger partial charge in [-0.1, -0.05) is 11.3 Å². The lowest BCUT2D eigenvalue weighted by atomic mass is 10.3. The third kappa shape index (κ3) is 2.91. The van der Waals surface area contributed by atoms with E-state index in [1.54, 1.807) is 40.5 Å². The number of thiazole rings is 1. The van der Waals surface area contributed by atoms with E-state index in [2.05, 4.69) is 25.7 Å². The number of anilines is 1. The zero-order valence-electron chi connectivity index (χ0n) is 12.3. The zero-order chi connectivity index (χ0) is 15.5. The van der Waals surface area contributed by atoms with E-state index in [-0.39, 0.29) is 5.91 Å². The van der Waals surface area contributed by atoms with Crippen molar-refractivity contribution in [2.75, 3.05) is 18.4 Å². The Kier molecular flexibility index (Phi) is 4.01. The van der Waals surface area contributed by atoms with E-state index < -0.39 is 0 Å². The topological polar surface area (TPSA) is 84.7 Å². The Balaban J connectivity index is 1.52. The maximum Gasteiger partial charge on any atom is 0.252 e. The van der Waals surface area contributed by atoms with Crippen LogP contribution in [0.25, 0.3) is 10.3 Å². The van der Waals surface area contributed by atoms with Gasteiger partial charge in [0.15, 0.2) is 10.8 Å². The van der Waals surface area contributed by atoms with Crippen LogP contribution in [-0.2, 0) is 7.05 Å². The van der Waals surface area contributed by atoms with Gasteiger partial charge in [0.05, 0.1) is 16.0 Å². The van der Waals surface area contributed by atoms with Gasteiger partial charge in [0.1, 0.15) is 0 Å². The Bertz CT molecular complexity index is 760. The number of amides is 1. The summed E-state index contributed by atoms with van der Waals surface area (Å²) in [4.78, 5) is 20.3. The van der Waals surface area contributed by atoms with E-state index >= 15 is 0 Å². The van der Waals surface area contributed by atoms with Crippen molar-refractivity contribution in [3.05, 3.63) is 35.8 Å². The van der Waals surface area contributed by atoms with Crippen molar-refractivity contribution in [2.45, 2.75) is 6.92 Å². The van der Waals surface area contributed by atoms with Gasteiger partial charge in [-0.05, 0) is 19.1 Å². The van der Waals surface area contributed by atoms with Crippen molar-refractivity contribution >= 4 is 32.7 Å². The molecule has 3 aromatic heterocycles. The number of hydrogen-bond donors (Lipinski definition) is 2. The number of aromatic nitrogens is 4. The summed E-state index contributed by atoms with van der Waals surface area (Å²) in [6.45, 7) is 3.09. The van der Waals surface area contributed by atoms with Crippen LogP contribution in [0.15, 0.2) is 24.5 Å². The molecule has 3 rings (SSSR count). The highest BCUT2D eigenvalue weighted by atomic mass is 32.1. The van der Waals surface area contributed by atoms with Crippen LogP contribution < -0.4 is 10.6 Å². The van der Waals surface area contributed by atoms with Crippen molar-refractivity contribution in [3.8, 4) is 0 Å². The summed E-state index contributed by atoms with van der Waals surface area (Å²) in [6.07, 6.45) is 3.19. The molecule has 1 amide bonds. The largest absolute Gasteiger partial charge is 0.360 e. The molecule has 0 bridgehead atoms.